The monoisotopic (exact) mass is 331 g/mol. The van der Waals surface area contributed by atoms with Crippen LogP contribution in [0.5, 0.6) is 0 Å². The van der Waals surface area contributed by atoms with E-state index in [1.165, 1.54) is 0 Å². The maximum absolute atomic E-state index is 13.2. The molecule has 1 aromatic heterocycles. The van der Waals surface area contributed by atoms with Crippen molar-refractivity contribution in [2.75, 3.05) is 17.2 Å². The largest absolute Gasteiger partial charge is 0.384 e. The summed E-state index contributed by atoms with van der Waals surface area (Å²) >= 11 is 6.05. The normalized spacial score (nSPS) is 19.0. The number of hydrogen-bond acceptors (Lipinski definition) is 3. The van der Waals surface area contributed by atoms with Crippen molar-refractivity contribution in [1.82, 2.24) is 4.98 Å². The maximum atomic E-state index is 13.2. The molecular formula is C16H24ClF2N3. The smallest absolute Gasteiger partial charge is 0.248 e. The lowest BCUT2D eigenvalue weighted by atomic mass is 9.92. The molecule has 0 saturated heterocycles. The lowest BCUT2D eigenvalue weighted by Crippen LogP contribution is -2.32. The zero-order valence-electron chi connectivity index (χ0n) is 13.3. The number of anilines is 2. The second kappa shape index (κ2) is 6.57. The predicted octanol–water partition coefficient (Wildman–Crippen LogP) is 5.18. The topological polar surface area (TPSA) is 37.0 Å². The number of hydrogen-bond donors (Lipinski definition) is 2. The Morgan fingerprint density at radius 2 is 1.91 bits per heavy atom. The van der Waals surface area contributed by atoms with E-state index in [0.717, 1.165) is 12.2 Å². The fourth-order valence-electron chi connectivity index (χ4n) is 2.43. The molecule has 3 nitrogen and oxygen atoms in total. The van der Waals surface area contributed by atoms with E-state index in [0.29, 0.717) is 23.8 Å². The second-order valence-corrected chi connectivity index (χ2v) is 7.64. The van der Waals surface area contributed by atoms with Crippen LogP contribution in [-0.4, -0.2) is 23.5 Å². The van der Waals surface area contributed by atoms with Crippen LogP contribution < -0.4 is 10.6 Å². The quantitative estimate of drug-likeness (QED) is 0.746. The SMILES string of the molecule is CC(C)(C)CNc1cc(Cl)nc(NC2CCC(F)(F)CC2)c1. The number of alkyl halides is 2. The summed E-state index contributed by atoms with van der Waals surface area (Å²) in [5, 5.41) is 6.95. The average Bonchev–Trinajstić information content (AvgIpc) is 2.38. The van der Waals surface area contributed by atoms with Gasteiger partial charge in [0.2, 0.25) is 5.92 Å². The van der Waals surface area contributed by atoms with E-state index in [1.807, 2.05) is 6.07 Å². The van der Waals surface area contributed by atoms with Crippen LogP contribution >= 0.6 is 11.6 Å². The summed E-state index contributed by atoms with van der Waals surface area (Å²) in [4.78, 5) is 4.24. The van der Waals surface area contributed by atoms with Gasteiger partial charge in [0.25, 0.3) is 0 Å². The minimum atomic E-state index is -2.51. The van der Waals surface area contributed by atoms with Crippen molar-refractivity contribution in [1.29, 1.82) is 0 Å². The van der Waals surface area contributed by atoms with E-state index in [9.17, 15) is 8.78 Å². The van der Waals surface area contributed by atoms with E-state index in [2.05, 4.69) is 36.4 Å². The van der Waals surface area contributed by atoms with Crippen molar-refractivity contribution in [3.05, 3.63) is 17.3 Å². The maximum Gasteiger partial charge on any atom is 0.248 e. The van der Waals surface area contributed by atoms with Gasteiger partial charge < -0.3 is 10.6 Å². The number of aromatic nitrogens is 1. The molecule has 1 fully saturated rings. The van der Waals surface area contributed by atoms with Gasteiger partial charge in [0.15, 0.2) is 0 Å². The van der Waals surface area contributed by atoms with E-state index in [1.54, 1.807) is 6.07 Å². The second-order valence-electron chi connectivity index (χ2n) is 7.25. The van der Waals surface area contributed by atoms with Crippen LogP contribution in [0.15, 0.2) is 12.1 Å². The molecule has 6 heteroatoms. The molecule has 0 spiro atoms. The molecular weight excluding hydrogens is 308 g/mol. The number of halogens is 3. The highest BCUT2D eigenvalue weighted by Gasteiger charge is 2.34. The first-order valence-electron chi connectivity index (χ1n) is 7.69. The fourth-order valence-corrected chi connectivity index (χ4v) is 2.64. The molecule has 1 aliphatic rings. The summed E-state index contributed by atoms with van der Waals surface area (Å²) in [5.41, 5.74) is 1.04. The molecule has 0 amide bonds. The van der Waals surface area contributed by atoms with Crippen LogP contribution in [0, 0.1) is 5.41 Å². The van der Waals surface area contributed by atoms with E-state index < -0.39 is 5.92 Å². The Morgan fingerprint density at radius 1 is 1.27 bits per heavy atom. The summed E-state index contributed by atoms with van der Waals surface area (Å²) in [5.74, 6) is -1.88. The minimum Gasteiger partial charge on any atom is -0.384 e. The third kappa shape index (κ3) is 5.59. The highest BCUT2D eigenvalue weighted by Crippen LogP contribution is 2.34. The van der Waals surface area contributed by atoms with Crippen LogP contribution in [0.1, 0.15) is 46.5 Å². The van der Waals surface area contributed by atoms with Gasteiger partial charge in [-0.1, -0.05) is 32.4 Å². The Morgan fingerprint density at radius 3 is 2.50 bits per heavy atom. The molecule has 0 aromatic carbocycles. The van der Waals surface area contributed by atoms with Crippen molar-refractivity contribution in [2.24, 2.45) is 5.41 Å². The molecule has 2 rings (SSSR count). The van der Waals surface area contributed by atoms with Gasteiger partial charge >= 0.3 is 0 Å². The van der Waals surface area contributed by atoms with Crippen molar-refractivity contribution in [3.8, 4) is 0 Å². The van der Waals surface area contributed by atoms with Crippen molar-refractivity contribution >= 4 is 23.1 Å². The molecule has 22 heavy (non-hydrogen) atoms. The molecule has 1 aromatic rings. The van der Waals surface area contributed by atoms with Gasteiger partial charge in [-0.05, 0) is 24.3 Å². The van der Waals surface area contributed by atoms with Gasteiger partial charge in [0, 0.05) is 37.2 Å². The van der Waals surface area contributed by atoms with Crippen LogP contribution in [0.3, 0.4) is 0 Å². The standard InChI is InChI=1S/C16H24ClF2N3/c1-15(2,3)10-20-12-8-13(17)22-14(9-12)21-11-4-6-16(18,19)7-5-11/h8-9,11H,4-7,10H2,1-3H3,(H2,20,21,22). The Labute approximate surface area is 135 Å². The van der Waals surface area contributed by atoms with Crippen molar-refractivity contribution in [2.45, 2.75) is 58.4 Å². The fraction of sp³-hybridized carbons (Fsp3) is 0.688. The summed E-state index contributed by atoms with van der Waals surface area (Å²) in [7, 11) is 0. The average molecular weight is 332 g/mol. The Hall–Kier alpha value is -1.10. The summed E-state index contributed by atoms with van der Waals surface area (Å²) < 4.78 is 26.4. The summed E-state index contributed by atoms with van der Waals surface area (Å²) in [6.07, 6.45) is 0.763. The highest BCUT2D eigenvalue weighted by atomic mass is 35.5. The minimum absolute atomic E-state index is 0.0288. The molecule has 1 saturated carbocycles. The Kier molecular flexibility index (Phi) is 5.15. The molecule has 0 radical (unpaired) electrons. The summed E-state index contributed by atoms with van der Waals surface area (Å²) in [6.45, 7) is 7.24. The molecule has 0 aliphatic heterocycles. The molecule has 124 valence electrons. The molecule has 1 aliphatic carbocycles. The van der Waals surface area contributed by atoms with Gasteiger partial charge in [-0.3, -0.25) is 0 Å². The first kappa shape index (κ1) is 17.3. The van der Waals surface area contributed by atoms with Gasteiger partial charge in [0.1, 0.15) is 11.0 Å². The van der Waals surface area contributed by atoms with Gasteiger partial charge in [-0.25, -0.2) is 13.8 Å². The zero-order valence-corrected chi connectivity index (χ0v) is 14.1. The lowest BCUT2D eigenvalue weighted by Gasteiger charge is -2.29. The van der Waals surface area contributed by atoms with E-state index >= 15 is 0 Å². The van der Waals surface area contributed by atoms with E-state index in [4.69, 9.17) is 11.6 Å². The number of nitrogens with zero attached hydrogens (tertiary/aromatic N) is 1. The lowest BCUT2D eigenvalue weighted by molar-refractivity contribution is -0.0361. The Balaban J connectivity index is 1.98. The first-order valence-corrected chi connectivity index (χ1v) is 8.07. The highest BCUT2D eigenvalue weighted by molar-refractivity contribution is 6.29. The van der Waals surface area contributed by atoms with Gasteiger partial charge in [-0.15, -0.1) is 0 Å². The van der Waals surface area contributed by atoms with Gasteiger partial charge in [-0.2, -0.15) is 0 Å². The summed E-state index contributed by atoms with van der Waals surface area (Å²) in [6, 6.07) is 3.68. The number of rotatable bonds is 4. The van der Waals surface area contributed by atoms with Crippen LogP contribution in [0.25, 0.3) is 0 Å². The molecule has 0 bridgehead atoms. The van der Waals surface area contributed by atoms with Crippen LogP contribution in [0.2, 0.25) is 5.15 Å². The van der Waals surface area contributed by atoms with Gasteiger partial charge in [0.05, 0.1) is 0 Å². The van der Waals surface area contributed by atoms with Crippen LogP contribution in [-0.2, 0) is 0 Å². The zero-order chi connectivity index (χ0) is 16.4. The predicted molar refractivity (Wildman–Crippen MR) is 88.0 cm³/mol. The third-order valence-electron chi connectivity index (χ3n) is 3.69. The van der Waals surface area contributed by atoms with Crippen LogP contribution in [0.4, 0.5) is 20.3 Å². The number of pyridine rings is 1. The third-order valence-corrected chi connectivity index (χ3v) is 3.88. The molecule has 0 unspecified atom stereocenters. The van der Waals surface area contributed by atoms with Crippen molar-refractivity contribution < 1.29 is 8.78 Å². The molecule has 1 heterocycles. The molecule has 2 N–H and O–H groups in total. The van der Waals surface area contributed by atoms with Crippen molar-refractivity contribution in [3.63, 3.8) is 0 Å². The Bertz CT molecular complexity index is 505. The first-order chi connectivity index (χ1) is 10.1. The number of nitrogens with one attached hydrogen (secondary N) is 2. The molecule has 0 atom stereocenters. The van der Waals surface area contributed by atoms with E-state index in [-0.39, 0.29) is 24.3 Å².